The van der Waals surface area contributed by atoms with Crippen LogP contribution in [0.4, 0.5) is 0 Å². The van der Waals surface area contributed by atoms with Crippen molar-refractivity contribution in [3.8, 4) is 0 Å². The van der Waals surface area contributed by atoms with E-state index in [0.29, 0.717) is 0 Å². The first kappa shape index (κ1) is 9.30. The van der Waals surface area contributed by atoms with Crippen molar-refractivity contribution < 1.29 is 23.0 Å². The fourth-order valence-electron chi connectivity index (χ4n) is 0.175. The van der Waals surface area contributed by atoms with E-state index in [9.17, 15) is 9.13 Å². The molecule has 0 aromatic carbocycles. The number of hydroxylamine groups is 1. The summed E-state index contributed by atoms with van der Waals surface area (Å²) in [6.07, 6.45) is 0. The first-order valence-electron chi connectivity index (χ1n) is 1.95. The molecule has 0 aliphatic heterocycles. The first-order chi connectivity index (χ1) is 4.16. The fraction of sp³-hybridized carbons (Fsp3) is 1.00. The Morgan fingerprint density at radius 3 is 2.44 bits per heavy atom. The molecule has 56 valence electrons. The summed E-state index contributed by atoms with van der Waals surface area (Å²) in [5.74, 6) is 0. The third-order valence-electron chi connectivity index (χ3n) is 0.356. The van der Waals surface area contributed by atoms with Crippen LogP contribution in [0.15, 0.2) is 0 Å². The van der Waals surface area contributed by atoms with Gasteiger partial charge in [-0.2, -0.15) is 5.48 Å². The summed E-state index contributed by atoms with van der Waals surface area (Å²) < 4.78 is 27.9. The van der Waals surface area contributed by atoms with Crippen LogP contribution >= 0.6 is 16.5 Å². The van der Waals surface area contributed by atoms with Crippen molar-refractivity contribution in [1.82, 2.24) is 5.48 Å². The van der Waals surface area contributed by atoms with Crippen LogP contribution in [0.25, 0.3) is 0 Å². The minimum Gasteiger partial charge on any atom is -0.326 e. The second-order valence-corrected chi connectivity index (χ2v) is 2.98. The SMILES string of the molecule is CNO[PH](=O)O[PH](=O)O. The summed E-state index contributed by atoms with van der Waals surface area (Å²) in [5, 5.41) is 0. The summed E-state index contributed by atoms with van der Waals surface area (Å²) in [6, 6.07) is 0. The molecule has 0 heterocycles. The number of hydrogen-bond donors (Lipinski definition) is 2. The van der Waals surface area contributed by atoms with Gasteiger partial charge in [0.1, 0.15) is 0 Å². The van der Waals surface area contributed by atoms with Gasteiger partial charge in [-0.1, -0.05) is 0 Å². The highest BCUT2D eigenvalue weighted by molar-refractivity contribution is 7.47. The van der Waals surface area contributed by atoms with Gasteiger partial charge in [-0.05, 0) is 0 Å². The van der Waals surface area contributed by atoms with E-state index in [1.165, 1.54) is 7.05 Å². The average Bonchev–Trinajstić information content (AvgIpc) is 1.63. The molecule has 0 bridgehead atoms. The van der Waals surface area contributed by atoms with Gasteiger partial charge >= 0.3 is 16.5 Å². The molecule has 9 heavy (non-hydrogen) atoms. The predicted molar refractivity (Wildman–Crippen MR) is 31.5 cm³/mol. The maximum Gasteiger partial charge on any atom is 0.342 e. The molecule has 0 radical (unpaired) electrons. The lowest BCUT2D eigenvalue weighted by molar-refractivity contribution is 0.207. The largest absolute Gasteiger partial charge is 0.342 e. The topological polar surface area (TPSA) is 84.9 Å². The van der Waals surface area contributed by atoms with Gasteiger partial charge in [0.05, 0.1) is 0 Å². The minimum atomic E-state index is -3.14. The second-order valence-electron chi connectivity index (χ2n) is 0.924. The molecule has 2 unspecified atom stereocenters. The molecule has 0 rings (SSSR count). The van der Waals surface area contributed by atoms with Gasteiger partial charge in [0.2, 0.25) is 0 Å². The Morgan fingerprint density at radius 1 is 1.56 bits per heavy atom. The van der Waals surface area contributed by atoms with Crippen LogP contribution < -0.4 is 5.48 Å². The molecule has 0 aromatic rings. The Kier molecular flexibility index (Phi) is 5.28. The van der Waals surface area contributed by atoms with Crippen molar-refractivity contribution in [3.63, 3.8) is 0 Å². The van der Waals surface area contributed by atoms with Crippen molar-refractivity contribution in [2.45, 2.75) is 0 Å². The molecular weight excluding hydrogens is 168 g/mol. The van der Waals surface area contributed by atoms with E-state index < -0.39 is 16.5 Å². The molecule has 8 heteroatoms. The van der Waals surface area contributed by atoms with Crippen LogP contribution in [-0.2, 0) is 18.1 Å². The number of hydrogen-bond acceptors (Lipinski definition) is 5. The highest BCUT2D eigenvalue weighted by Gasteiger charge is 1.99. The van der Waals surface area contributed by atoms with E-state index in [4.69, 9.17) is 4.89 Å². The lowest BCUT2D eigenvalue weighted by Crippen LogP contribution is -1.99. The van der Waals surface area contributed by atoms with Gasteiger partial charge in [0.15, 0.2) is 0 Å². The van der Waals surface area contributed by atoms with E-state index >= 15 is 0 Å². The van der Waals surface area contributed by atoms with Crippen LogP contribution in [0, 0.1) is 0 Å². The Balaban J connectivity index is 3.39. The van der Waals surface area contributed by atoms with E-state index in [1.54, 1.807) is 0 Å². The maximum atomic E-state index is 10.2. The van der Waals surface area contributed by atoms with Crippen LogP contribution in [-0.4, -0.2) is 11.9 Å². The molecule has 0 saturated heterocycles. The van der Waals surface area contributed by atoms with Crippen LogP contribution in [0.3, 0.4) is 0 Å². The summed E-state index contributed by atoms with van der Waals surface area (Å²) in [4.78, 5) is 7.99. The van der Waals surface area contributed by atoms with Crippen molar-refractivity contribution >= 4 is 16.5 Å². The van der Waals surface area contributed by atoms with Gasteiger partial charge in [-0.3, -0.25) is 9.13 Å². The zero-order chi connectivity index (χ0) is 7.28. The maximum absolute atomic E-state index is 10.2. The summed E-state index contributed by atoms with van der Waals surface area (Å²) >= 11 is 0. The zero-order valence-electron chi connectivity index (χ0n) is 4.58. The Bertz CT molecular complexity index is 124. The van der Waals surface area contributed by atoms with Crippen molar-refractivity contribution in [2.24, 2.45) is 0 Å². The Labute approximate surface area is 53.0 Å². The molecular formula is CH7NO5P2. The monoisotopic (exact) mass is 175 g/mol. The quantitative estimate of drug-likeness (QED) is 0.459. The molecule has 2 atom stereocenters. The van der Waals surface area contributed by atoms with E-state index in [1.807, 2.05) is 5.48 Å². The smallest absolute Gasteiger partial charge is 0.326 e. The molecule has 0 aliphatic rings. The molecule has 0 spiro atoms. The molecule has 0 aliphatic carbocycles. The van der Waals surface area contributed by atoms with E-state index in [2.05, 4.69) is 8.94 Å². The molecule has 2 N–H and O–H groups in total. The van der Waals surface area contributed by atoms with Gasteiger partial charge in [-0.15, -0.1) is 0 Å². The van der Waals surface area contributed by atoms with Crippen molar-refractivity contribution in [1.29, 1.82) is 0 Å². The predicted octanol–water partition coefficient (Wildman–Crippen LogP) is -0.0743. The lowest BCUT2D eigenvalue weighted by Gasteiger charge is -1.97. The number of rotatable bonds is 4. The van der Waals surface area contributed by atoms with Crippen LogP contribution in [0.1, 0.15) is 0 Å². The number of nitrogens with one attached hydrogen (secondary N) is 1. The van der Waals surface area contributed by atoms with Crippen molar-refractivity contribution in [2.75, 3.05) is 7.05 Å². The van der Waals surface area contributed by atoms with Crippen LogP contribution in [0.2, 0.25) is 0 Å². The molecule has 0 aromatic heterocycles. The normalized spacial score (nSPS) is 17.1. The fourth-order valence-corrected chi connectivity index (χ4v) is 1.08. The highest BCUT2D eigenvalue weighted by Crippen LogP contribution is 2.34. The molecule has 0 saturated carbocycles. The second kappa shape index (κ2) is 5.11. The summed E-state index contributed by atoms with van der Waals surface area (Å²) in [5.41, 5.74) is 2.05. The lowest BCUT2D eigenvalue weighted by atomic mass is 11.6. The standard InChI is InChI=1S/CH7NO5P2/c1-2-6-9(5)7-8(3)4/h2,8-9H,1H3,(H,3,4). The average molecular weight is 175 g/mol. The summed E-state index contributed by atoms with van der Waals surface area (Å²) in [6.45, 7) is 0. The zero-order valence-corrected chi connectivity index (χ0v) is 6.58. The first-order valence-corrected chi connectivity index (χ1v) is 4.44. The van der Waals surface area contributed by atoms with E-state index in [0.717, 1.165) is 0 Å². The van der Waals surface area contributed by atoms with Gasteiger partial charge in [0, 0.05) is 7.05 Å². The van der Waals surface area contributed by atoms with Crippen molar-refractivity contribution in [3.05, 3.63) is 0 Å². The van der Waals surface area contributed by atoms with Gasteiger partial charge in [-0.25, -0.2) is 8.94 Å². The van der Waals surface area contributed by atoms with Gasteiger partial charge in [0.25, 0.3) is 0 Å². The summed E-state index contributed by atoms with van der Waals surface area (Å²) in [7, 11) is -4.59. The van der Waals surface area contributed by atoms with Crippen LogP contribution in [0.5, 0.6) is 0 Å². The van der Waals surface area contributed by atoms with Gasteiger partial charge < -0.3 is 4.89 Å². The third-order valence-corrected chi connectivity index (χ3v) is 2.09. The molecule has 6 nitrogen and oxygen atoms in total. The Hall–Kier alpha value is 0.300. The van der Waals surface area contributed by atoms with E-state index in [-0.39, 0.29) is 0 Å². The Morgan fingerprint density at radius 2 is 2.11 bits per heavy atom. The minimum absolute atomic E-state index is 1.36. The molecule has 0 amide bonds. The molecule has 0 fully saturated rings. The highest BCUT2D eigenvalue weighted by atomic mass is 31.2. The third kappa shape index (κ3) is 6.18.